The molecular weight excluding hydrogens is 406 g/mol. The number of hydrogen-bond donors (Lipinski definition) is 4. The summed E-state index contributed by atoms with van der Waals surface area (Å²) >= 11 is 3.09. The van der Waals surface area contributed by atoms with Gasteiger partial charge in [-0.25, -0.2) is 4.79 Å². The Balaban J connectivity index is 2.65. The zero-order valence-electron chi connectivity index (χ0n) is 14.3. The van der Waals surface area contributed by atoms with Crippen LogP contribution in [0.5, 0.6) is 0 Å². The number of benzene rings is 1. The largest absolute Gasteiger partial charge is 0.445 e. The molecule has 26 heavy (non-hydrogen) atoms. The lowest BCUT2D eigenvalue weighted by atomic mass is 10.1. The van der Waals surface area contributed by atoms with Gasteiger partial charge in [0.05, 0.1) is 6.10 Å². The average Bonchev–Trinajstić information content (AvgIpc) is 2.57. The molecule has 1 aromatic carbocycles. The molecule has 0 unspecified atom stereocenters. The Morgan fingerprint density at radius 2 is 1.88 bits per heavy atom. The molecule has 5 N–H and O–H groups in total. The van der Waals surface area contributed by atoms with Gasteiger partial charge in [0.1, 0.15) is 18.7 Å². The minimum Gasteiger partial charge on any atom is -0.445 e. The summed E-state index contributed by atoms with van der Waals surface area (Å²) in [6.07, 6.45) is -2.03. The fourth-order valence-corrected chi connectivity index (χ4v) is 2.33. The molecule has 0 aliphatic heterocycles. The van der Waals surface area contributed by atoms with Crippen LogP contribution in [-0.4, -0.2) is 41.2 Å². The standard InChI is InChI=1S/C17H22BrN3O5/c1-10(18)8-13(15(19)23)20-16(24)14(11(2)22)21-17(25)26-9-12-6-4-3-5-7-12/h3-7,11,13-14,22H,1,8-9H2,2H3,(H2,19,23)(H,20,24)(H,21,25)/t11-,13+,14+/m1/s1. The third-order valence-electron chi connectivity index (χ3n) is 3.34. The highest BCUT2D eigenvalue weighted by Crippen LogP contribution is 2.10. The number of alkyl carbamates (subject to hydrolysis) is 1. The lowest BCUT2D eigenvalue weighted by Crippen LogP contribution is -2.56. The van der Waals surface area contributed by atoms with E-state index in [1.165, 1.54) is 6.92 Å². The highest BCUT2D eigenvalue weighted by molar-refractivity contribution is 9.11. The van der Waals surface area contributed by atoms with Crippen LogP contribution >= 0.6 is 15.9 Å². The number of halogens is 1. The summed E-state index contributed by atoms with van der Waals surface area (Å²) in [6.45, 7) is 4.92. The highest BCUT2D eigenvalue weighted by atomic mass is 79.9. The average molecular weight is 428 g/mol. The first-order valence-electron chi connectivity index (χ1n) is 7.79. The molecule has 0 saturated heterocycles. The van der Waals surface area contributed by atoms with Gasteiger partial charge in [0.15, 0.2) is 0 Å². The van der Waals surface area contributed by atoms with Gasteiger partial charge in [0.2, 0.25) is 11.8 Å². The van der Waals surface area contributed by atoms with Crippen LogP contribution < -0.4 is 16.4 Å². The summed E-state index contributed by atoms with van der Waals surface area (Å²) < 4.78 is 5.48. The SMILES string of the molecule is C=C(Br)C[C@H](NC(=O)[C@@H](NC(=O)OCc1ccccc1)[C@@H](C)O)C(N)=O. The second kappa shape index (κ2) is 10.6. The molecule has 0 radical (unpaired) electrons. The summed E-state index contributed by atoms with van der Waals surface area (Å²) in [5.74, 6) is -1.54. The molecule has 0 saturated carbocycles. The maximum absolute atomic E-state index is 12.3. The molecule has 0 aromatic heterocycles. The zero-order valence-corrected chi connectivity index (χ0v) is 15.9. The number of nitrogens with two attached hydrogens (primary N) is 1. The molecule has 0 aliphatic rings. The van der Waals surface area contributed by atoms with Crippen molar-refractivity contribution >= 4 is 33.8 Å². The third-order valence-corrected chi connectivity index (χ3v) is 3.66. The van der Waals surface area contributed by atoms with Crippen molar-refractivity contribution in [2.45, 2.75) is 38.1 Å². The number of nitrogens with one attached hydrogen (secondary N) is 2. The number of carbonyl (C=O) groups excluding carboxylic acids is 3. The molecule has 3 amide bonds. The molecule has 1 aromatic rings. The molecule has 0 aliphatic carbocycles. The Morgan fingerprint density at radius 1 is 1.27 bits per heavy atom. The van der Waals surface area contributed by atoms with Crippen molar-refractivity contribution in [2.75, 3.05) is 0 Å². The van der Waals surface area contributed by atoms with Crippen molar-refractivity contribution in [3.05, 3.63) is 47.0 Å². The van der Waals surface area contributed by atoms with Crippen LogP contribution in [0.3, 0.4) is 0 Å². The number of primary amides is 1. The summed E-state index contributed by atoms with van der Waals surface area (Å²) in [5.41, 5.74) is 6.00. The van der Waals surface area contributed by atoms with Gasteiger partial charge in [-0.3, -0.25) is 9.59 Å². The minimum atomic E-state index is -1.32. The molecule has 9 heteroatoms. The number of aliphatic hydroxyl groups is 1. The van der Waals surface area contributed by atoms with Gasteiger partial charge in [0.25, 0.3) is 0 Å². The van der Waals surface area contributed by atoms with Crippen molar-refractivity contribution in [1.82, 2.24) is 10.6 Å². The quantitative estimate of drug-likeness (QED) is 0.465. The van der Waals surface area contributed by atoms with E-state index in [0.29, 0.717) is 4.48 Å². The van der Waals surface area contributed by atoms with Gasteiger partial charge < -0.3 is 26.2 Å². The smallest absolute Gasteiger partial charge is 0.408 e. The van der Waals surface area contributed by atoms with Crippen LogP contribution in [0.25, 0.3) is 0 Å². The Labute approximate surface area is 159 Å². The van der Waals surface area contributed by atoms with E-state index in [1.807, 2.05) is 6.07 Å². The molecule has 0 bridgehead atoms. The van der Waals surface area contributed by atoms with Crippen LogP contribution in [0.2, 0.25) is 0 Å². The first-order valence-corrected chi connectivity index (χ1v) is 8.58. The normalized spacial score (nSPS) is 13.8. The molecule has 1 rings (SSSR count). The van der Waals surface area contributed by atoms with E-state index < -0.39 is 36.1 Å². The Bertz CT molecular complexity index is 651. The van der Waals surface area contributed by atoms with Crippen LogP contribution in [0.4, 0.5) is 4.79 Å². The van der Waals surface area contributed by atoms with Crippen LogP contribution in [0, 0.1) is 0 Å². The van der Waals surface area contributed by atoms with E-state index in [1.54, 1.807) is 24.3 Å². The number of ether oxygens (including phenoxy) is 1. The fourth-order valence-electron chi connectivity index (χ4n) is 2.00. The topological polar surface area (TPSA) is 131 Å². The van der Waals surface area contributed by atoms with E-state index >= 15 is 0 Å². The van der Waals surface area contributed by atoms with E-state index in [-0.39, 0.29) is 13.0 Å². The van der Waals surface area contributed by atoms with Crippen molar-refractivity contribution in [1.29, 1.82) is 0 Å². The van der Waals surface area contributed by atoms with Crippen LogP contribution in [0.15, 0.2) is 41.4 Å². The molecule has 0 spiro atoms. The number of carbonyl (C=O) groups is 3. The summed E-state index contributed by atoms with van der Waals surface area (Å²) in [4.78, 5) is 35.6. The molecule has 0 heterocycles. The lowest BCUT2D eigenvalue weighted by molar-refractivity contribution is -0.130. The third kappa shape index (κ3) is 7.66. The zero-order chi connectivity index (χ0) is 19.7. The molecule has 3 atom stereocenters. The molecule has 142 valence electrons. The number of aliphatic hydroxyl groups excluding tert-OH is 1. The van der Waals surface area contributed by atoms with Gasteiger partial charge in [0, 0.05) is 6.42 Å². The predicted molar refractivity (Wildman–Crippen MR) is 99.0 cm³/mol. The number of rotatable bonds is 9. The summed E-state index contributed by atoms with van der Waals surface area (Å²) in [5, 5.41) is 14.4. The summed E-state index contributed by atoms with van der Waals surface area (Å²) in [6, 6.07) is 6.62. The molecular formula is C17H22BrN3O5. The fraction of sp³-hybridized carbons (Fsp3) is 0.353. The monoisotopic (exact) mass is 427 g/mol. The maximum atomic E-state index is 12.3. The number of amides is 3. The Kier molecular flexibility index (Phi) is 8.80. The van der Waals surface area contributed by atoms with E-state index in [9.17, 15) is 19.5 Å². The summed E-state index contributed by atoms with van der Waals surface area (Å²) in [7, 11) is 0. The second-order valence-electron chi connectivity index (χ2n) is 5.61. The Morgan fingerprint density at radius 3 is 2.38 bits per heavy atom. The molecule has 0 fully saturated rings. The van der Waals surface area contributed by atoms with Crippen molar-refractivity contribution in [3.63, 3.8) is 0 Å². The van der Waals surface area contributed by atoms with Gasteiger partial charge in [-0.1, -0.05) is 52.8 Å². The van der Waals surface area contributed by atoms with Crippen LogP contribution in [-0.2, 0) is 20.9 Å². The van der Waals surface area contributed by atoms with E-state index in [4.69, 9.17) is 10.5 Å². The van der Waals surface area contributed by atoms with Gasteiger partial charge in [-0.05, 0) is 17.0 Å². The first kappa shape index (κ1) is 21.7. The van der Waals surface area contributed by atoms with Gasteiger partial charge >= 0.3 is 6.09 Å². The van der Waals surface area contributed by atoms with E-state index in [0.717, 1.165) is 5.56 Å². The van der Waals surface area contributed by atoms with Crippen molar-refractivity contribution in [2.24, 2.45) is 5.73 Å². The van der Waals surface area contributed by atoms with Gasteiger partial charge in [-0.2, -0.15) is 0 Å². The van der Waals surface area contributed by atoms with E-state index in [2.05, 4.69) is 33.1 Å². The van der Waals surface area contributed by atoms with Crippen LogP contribution in [0.1, 0.15) is 18.9 Å². The minimum absolute atomic E-state index is 0.00808. The highest BCUT2D eigenvalue weighted by Gasteiger charge is 2.29. The Hall–Kier alpha value is -2.39. The first-order chi connectivity index (χ1) is 12.2. The second-order valence-corrected chi connectivity index (χ2v) is 6.73. The van der Waals surface area contributed by atoms with Crippen molar-refractivity contribution < 1.29 is 24.2 Å². The van der Waals surface area contributed by atoms with Crippen molar-refractivity contribution in [3.8, 4) is 0 Å². The molecule has 8 nitrogen and oxygen atoms in total. The number of hydrogen-bond acceptors (Lipinski definition) is 5. The lowest BCUT2D eigenvalue weighted by Gasteiger charge is -2.23. The maximum Gasteiger partial charge on any atom is 0.408 e. The van der Waals surface area contributed by atoms with Gasteiger partial charge in [-0.15, -0.1) is 0 Å². The predicted octanol–water partition coefficient (Wildman–Crippen LogP) is 0.931.